The predicted molar refractivity (Wildman–Crippen MR) is 63.8 cm³/mol. The molecule has 90 valence electrons. The van der Waals surface area contributed by atoms with Crippen molar-refractivity contribution in [2.75, 3.05) is 11.1 Å². The van der Waals surface area contributed by atoms with Gasteiger partial charge in [-0.2, -0.15) is 8.42 Å². The minimum atomic E-state index is -4.44. The summed E-state index contributed by atoms with van der Waals surface area (Å²) in [7, 11) is -4.44. The maximum absolute atomic E-state index is 10.8. The Morgan fingerprint density at radius 2 is 1.94 bits per heavy atom. The molecular weight excluding hydrogens is 259 g/mol. The number of nitrogens with two attached hydrogens (primary N) is 1. The van der Waals surface area contributed by atoms with E-state index in [1.54, 1.807) is 0 Å². The van der Waals surface area contributed by atoms with Crippen LogP contribution in [0.4, 0.5) is 11.4 Å². The molecule has 0 bridgehead atoms. The van der Waals surface area contributed by atoms with Crippen LogP contribution in [-0.2, 0) is 14.9 Å². The molecular formula is C8H11N2NaO5S. The average molecular weight is 270 g/mol. The Morgan fingerprint density at radius 3 is 2.35 bits per heavy atom. The fraction of sp³-hybridized carbons (Fsp3) is 0.125. The molecule has 0 aliphatic rings. The third-order valence-electron chi connectivity index (χ3n) is 1.72. The van der Waals surface area contributed by atoms with E-state index in [0.29, 0.717) is 0 Å². The molecule has 0 fully saturated rings. The van der Waals surface area contributed by atoms with Crippen molar-refractivity contribution < 1.29 is 22.9 Å². The second-order valence-corrected chi connectivity index (χ2v) is 4.49. The van der Waals surface area contributed by atoms with Crippen molar-refractivity contribution >= 4 is 57.0 Å². The average Bonchev–Trinajstić information content (AvgIpc) is 2.10. The molecule has 1 aromatic rings. The van der Waals surface area contributed by atoms with E-state index in [2.05, 4.69) is 5.32 Å². The number of anilines is 2. The first kappa shape index (κ1) is 16.2. The molecule has 5 N–H and O–H groups in total. The molecule has 0 spiro atoms. The van der Waals surface area contributed by atoms with Gasteiger partial charge in [-0.15, -0.1) is 0 Å². The van der Waals surface area contributed by atoms with Crippen molar-refractivity contribution in [3.8, 4) is 5.75 Å². The molecule has 0 unspecified atom stereocenters. The number of amides is 1. The number of benzene rings is 1. The molecule has 9 heteroatoms. The molecule has 0 aromatic heterocycles. The minimum absolute atomic E-state index is 0. The van der Waals surface area contributed by atoms with Gasteiger partial charge in [0.15, 0.2) is 5.75 Å². The number of nitrogen functional groups attached to an aromatic ring is 1. The summed E-state index contributed by atoms with van der Waals surface area (Å²) < 4.78 is 30.5. The summed E-state index contributed by atoms with van der Waals surface area (Å²) in [6.45, 7) is 1.18. The number of phenols is 1. The number of hydrogen-bond donors (Lipinski definition) is 4. The van der Waals surface area contributed by atoms with E-state index < -0.39 is 26.7 Å². The normalized spacial score (nSPS) is 10.5. The predicted octanol–water partition coefficient (Wildman–Crippen LogP) is -0.469. The number of carbonyl (C=O) groups is 1. The van der Waals surface area contributed by atoms with Gasteiger partial charge in [-0.25, -0.2) is 0 Å². The van der Waals surface area contributed by atoms with Crippen LogP contribution >= 0.6 is 0 Å². The van der Waals surface area contributed by atoms with Gasteiger partial charge >= 0.3 is 29.6 Å². The SMILES string of the molecule is CC(=O)Nc1cc(S(=O)(=O)O)cc(N)c1O.[NaH]. The van der Waals surface area contributed by atoms with E-state index in [1.165, 1.54) is 6.92 Å². The Kier molecular flexibility index (Phi) is 5.43. The van der Waals surface area contributed by atoms with Crippen molar-refractivity contribution in [3.63, 3.8) is 0 Å². The van der Waals surface area contributed by atoms with E-state index in [-0.39, 0.29) is 40.9 Å². The first-order chi connectivity index (χ1) is 7.21. The Balaban J connectivity index is 0.00000256. The Labute approximate surface area is 120 Å². The third-order valence-corrected chi connectivity index (χ3v) is 2.55. The van der Waals surface area contributed by atoms with Gasteiger partial charge in [0.05, 0.1) is 16.3 Å². The van der Waals surface area contributed by atoms with Crippen molar-refractivity contribution in [2.45, 2.75) is 11.8 Å². The molecule has 7 nitrogen and oxygen atoms in total. The molecule has 0 radical (unpaired) electrons. The van der Waals surface area contributed by atoms with E-state index in [1.807, 2.05) is 0 Å². The van der Waals surface area contributed by atoms with Crippen molar-refractivity contribution in [1.29, 1.82) is 0 Å². The van der Waals surface area contributed by atoms with Crippen LogP contribution in [0.5, 0.6) is 5.75 Å². The van der Waals surface area contributed by atoms with Crippen LogP contribution in [0.25, 0.3) is 0 Å². The topological polar surface area (TPSA) is 130 Å². The van der Waals surface area contributed by atoms with E-state index >= 15 is 0 Å². The summed E-state index contributed by atoms with van der Waals surface area (Å²) in [5.41, 5.74) is 4.87. The summed E-state index contributed by atoms with van der Waals surface area (Å²) in [5, 5.41) is 11.6. The number of phenolic OH excluding ortho intramolecular Hbond substituents is 1. The third kappa shape index (κ3) is 4.17. The molecule has 1 aromatic carbocycles. The van der Waals surface area contributed by atoms with E-state index in [4.69, 9.17) is 10.3 Å². The fourth-order valence-corrected chi connectivity index (χ4v) is 1.61. The van der Waals surface area contributed by atoms with E-state index in [9.17, 15) is 18.3 Å². The van der Waals surface area contributed by atoms with Crippen LogP contribution in [0.15, 0.2) is 17.0 Å². The van der Waals surface area contributed by atoms with Gasteiger partial charge in [-0.05, 0) is 12.1 Å². The number of carbonyl (C=O) groups excluding carboxylic acids is 1. The zero-order chi connectivity index (χ0) is 12.5. The zero-order valence-electron chi connectivity index (χ0n) is 8.26. The number of hydrogen-bond acceptors (Lipinski definition) is 5. The Morgan fingerprint density at radius 1 is 1.41 bits per heavy atom. The summed E-state index contributed by atoms with van der Waals surface area (Å²) >= 11 is 0. The van der Waals surface area contributed by atoms with Gasteiger partial charge in [0, 0.05) is 6.92 Å². The van der Waals surface area contributed by atoms with Crippen LogP contribution in [0.1, 0.15) is 6.92 Å². The Hall–Kier alpha value is -0.800. The molecule has 0 heterocycles. The number of aromatic hydroxyl groups is 1. The van der Waals surface area contributed by atoms with Gasteiger partial charge in [-0.1, -0.05) is 0 Å². The van der Waals surface area contributed by atoms with Crippen molar-refractivity contribution in [2.24, 2.45) is 0 Å². The van der Waals surface area contributed by atoms with Gasteiger partial charge in [0.2, 0.25) is 5.91 Å². The molecule has 0 saturated heterocycles. The Bertz CT molecular complexity index is 543. The van der Waals surface area contributed by atoms with Gasteiger partial charge in [0.1, 0.15) is 0 Å². The maximum atomic E-state index is 10.8. The van der Waals surface area contributed by atoms with Crippen molar-refractivity contribution in [1.82, 2.24) is 0 Å². The second-order valence-electron chi connectivity index (χ2n) is 3.06. The first-order valence-corrected chi connectivity index (χ1v) is 5.53. The molecule has 0 aliphatic carbocycles. The summed E-state index contributed by atoms with van der Waals surface area (Å²) in [6.07, 6.45) is 0. The summed E-state index contributed by atoms with van der Waals surface area (Å²) in [4.78, 5) is 10.3. The monoisotopic (exact) mass is 270 g/mol. The molecule has 1 rings (SSSR count). The molecule has 0 saturated carbocycles. The molecule has 1 amide bonds. The zero-order valence-corrected chi connectivity index (χ0v) is 9.08. The van der Waals surface area contributed by atoms with Gasteiger partial charge in [-0.3, -0.25) is 9.35 Å². The standard InChI is InChI=1S/C8H10N2O5S.Na.H/c1-4(11)10-7-3-5(16(13,14)15)2-6(9)8(7)12;;/h2-3,12H,9H2,1H3,(H,10,11)(H,13,14,15);;. The molecule has 0 atom stereocenters. The molecule has 0 aliphatic heterocycles. The van der Waals surface area contributed by atoms with Crippen LogP contribution in [-0.4, -0.2) is 53.5 Å². The fourth-order valence-electron chi connectivity index (χ4n) is 1.06. The summed E-state index contributed by atoms with van der Waals surface area (Å²) in [5.74, 6) is -0.968. The van der Waals surface area contributed by atoms with Crippen molar-refractivity contribution in [3.05, 3.63) is 12.1 Å². The van der Waals surface area contributed by atoms with Gasteiger partial charge < -0.3 is 16.2 Å². The first-order valence-electron chi connectivity index (χ1n) is 4.09. The van der Waals surface area contributed by atoms with Gasteiger partial charge in [0.25, 0.3) is 10.1 Å². The molecule has 17 heavy (non-hydrogen) atoms. The number of rotatable bonds is 2. The van der Waals surface area contributed by atoms with Crippen LogP contribution in [0, 0.1) is 0 Å². The van der Waals surface area contributed by atoms with E-state index in [0.717, 1.165) is 12.1 Å². The number of nitrogens with one attached hydrogen (secondary N) is 1. The quantitative estimate of drug-likeness (QED) is 0.249. The van der Waals surface area contributed by atoms with Crippen LogP contribution in [0.2, 0.25) is 0 Å². The second kappa shape index (κ2) is 5.69. The summed E-state index contributed by atoms with van der Waals surface area (Å²) in [6, 6.07) is 1.79. The van der Waals surface area contributed by atoms with Crippen LogP contribution in [0.3, 0.4) is 0 Å². The van der Waals surface area contributed by atoms with Crippen LogP contribution < -0.4 is 11.1 Å².